The van der Waals surface area contributed by atoms with Crippen molar-refractivity contribution in [1.82, 2.24) is 9.47 Å². The summed E-state index contributed by atoms with van der Waals surface area (Å²) in [5, 5.41) is 0. The normalized spacial score (nSPS) is 16.0. The second-order valence-corrected chi connectivity index (χ2v) is 7.19. The number of amides is 2. The van der Waals surface area contributed by atoms with Gasteiger partial charge in [-0.3, -0.25) is 4.57 Å². The van der Waals surface area contributed by atoms with E-state index < -0.39 is 6.36 Å². The molecule has 0 bridgehead atoms. The van der Waals surface area contributed by atoms with E-state index in [0.717, 1.165) is 24.1 Å². The monoisotopic (exact) mass is 385 g/mol. The third-order valence-electron chi connectivity index (χ3n) is 3.94. The van der Waals surface area contributed by atoms with Crippen LogP contribution >= 0.6 is 11.3 Å². The van der Waals surface area contributed by atoms with Crippen molar-refractivity contribution in [2.45, 2.75) is 32.5 Å². The molecule has 1 aromatic carbocycles. The molecule has 3 rings (SSSR count). The first kappa shape index (κ1) is 18.5. The molecule has 1 saturated heterocycles. The summed E-state index contributed by atoms with van der Waals surface area (Å²) in [6.45, 7) is 3.29. The van der Waals surface area contributed by atoms with Crippen molar-refractivity contribution in [2.24, 2.45) is 4.99 Å². The highest BCUT2D eigenvalue weighted by atomic mass is 32.1. The van der Waals surface area contributed by atoms with E-state index in [9.17, 15) is 18.0 Å². The molecule has 2 aromatic rings. The maximum Gasteiger partial charge on any atom is 0.573 e. The largest absolute Gasteiger partial charge is 0.573 e. The Hall–Kier alpha value is -2.29. The predicted molar refractivity (Wildman–Crippen MR) is 91.4 cm³/mol. The SMILES string of the molecule is Cc1cn(-c2ccc(OC(F)(F)F)cc2)/c(=N/C(=O)N2CCCCC2)s1. The predicted octanol–water partition coefficient (Wildman–Crippen LogP) is 4.25. The third-order valence-corrected chi connectivity index (χ3v) is 4.83. The maximum absolute atomic E-state index is 12.4. The fraction of sp³-hybridized carbons (Fsp3) is 0.412. The number of urea groups is 1. The Kier molecular flexibility index (Phi) is 5.36. The number of carbonyl (C=O) groups excluding carboxylic acids is 1. The van der Waals surface area contributed by atoms with Crippen LogP contribution in [-0.2, 0) is 0 Å². The van der Waals surface area contributed by atoms with E-state index in [4.69, 9.17) is 0 Å². The Morgan fingerprint density at radius 1 is 1.15 bits per heavy atom. The highest BCUT2D eigenvalue weighted by Crippen LogP contribution is 2.23. The minimum absolute atomic E-state index is 0.280. The van der Waals surface area contributed by atoms with Crippen molar-refractivity contribution in [3.8, 4) is 11.4 Å². The average Bonchev–Trinajstić information content (AvgIpc) is 2.95. The van der Waals surface area contributed by atoms with Gasteiger partial charge in [0.2, 0.25) is 0 Å². The van der Waals surface area contributed by atoms with Crippen LogP contribution < -0.4 is 9.54 Å². The molecular formula is C17H18F3N3O2S. The van der Waals surface area contributed by atoms with Gasteiger partial charge in [0, 0.05) is 29.9 Å². The molecular weight excluding hydrogens is 367 g/mol. The number of aryl methyl sites for hydroxylation is 1. The molecule has 1 aliphatic rings. The van der Waals surface area contributed by atoms with E-state index in [1.165, 1.54) is 35.6 Å². The van der Waals surface area contributed by atoms with E-state index in [0.29, 0.717) is 23.6 Å². The van der Waals surface area contributed by atoms with Gasteiger partial charge in [-0.25, -0.2) is 4.79 Å². The summed E-state index contributed by atoms with van der Waals surface area (Å²) < 4.78 is 42.4. The molecule has 1 aliphatic heterocycles. The second kappa shape index (κ2) is 7.53. The summed E-state index contributed by atoms with van der Waals surface area (Å²) in [6, 6.07) is 5.19. The van der Waals surface area contributed by atoms with Crippen LogP contribution in [0.15, 0.2) is 35.5 Å². The lowest BCUT2D eigenvalue weighted by atomic mass is 10.1. The topological polar surface area (TPSA) is 46.8 Å². The van der Waals surface area contributed by atoms with Crippen molar-refractivity contribution in [1.29, 1.82) is 0 Å². The van der Waals surface area contributed by atoms with Crippen molar-refractivity contribution < 1.29 is 22.7 Å². The quantitative estimate of drug-likeness (QED) is 0.776. The molecule has 1 aromatic heterocycles. The van der Waals surface area contributed by atoms with Gasteiger partial charge < -0.3 is 9.64 Å². The summed E-state index contributed by atoms with van der Waals surface area (Å²) in [4.78, 5) is 19.7. The minimum atomic E-state index is -4.73. The van der Waals surface area contributed by atoms with Gasteiger partial charge in [-0.2, -0.15) is 4.99 Å². The summed E-state index contributed by atoms with van der Waals surface area (Å²) in [5.41, 5.74) is 0.606. The number of halogens is 3. The second-order valence-electron chi connectivity index (χ2n) is 5.98. The van der Waals surface area contributed by atoms with Gasteiger partial charge in [0.25, 0.3) is 0 Å². The van der Waals surface area contributed by atoms with E-state index in [1.807, 2.05) is 6.92 Å². The van der Waals surface area contributed by atoms with Crippen LogP contribution in [0, 0.1) is 6.92 Å². The molecule has 0 aliphatic carbocycles. The molecule has 140 valence electrons. The lowest BCUT2D eigenvalue weighted by Gasteiger charge is -2.24. The molecule has 0 unspecified atom stereocenters. The third kappa shape index (κ3) is 4.66. The number of piperidine rings is 1. The van der Waals surface area contributed by atoms with Gasteiger partial charge in [0.1, 0.15) is 5.75 Å². The van der Waals surface area contributed by atoms with Crippen molar-refractivity contribution in [3.05, 3.63) is 40.1 Å². The fourth-order valence-electron chi connectivity index (χ4n) is 2.76. The fourth-order valence-corrected chi connectivity index (χ4v) is 3.59. The number of thiazole rings is 1. The first-order chi connectivity index (χ1) is 12.3. The van der Waals surface area contributed by atoms with E-state index in [-0.39, 0.29) is 11.8 Å². The highest BCUT2D eigenvalue weighted by Gasteiger charge is 2.31. The smallest absolute Gasteiger partial charge is 0.406 e. The Morgan fingerprint density at radius 3 is 2.42 bits per heavy atom. The Labute approximate surface area is 152 Å². The standard InChI is InChI=1S/C17H18F3N3O2S/c1-12-11-23(13-5-7-14(8-6-13)25-17(18,19)20)16(26-12)21-15(24)22-9-3-2-4-10-22/h5-8,11H,2-4,9-10H2,1H3/b21-16-. The number of benzene rings is 1. The number of alkyl halides is 3. The summed E-state index contributed by atoms with van der Waals surface area (Å²) in [7, 11) is 0. The van der Waals surface area contributed by atoms with Crippen LogP contribution in [0.5, 0.6) is 5.75 Å². The Bertz CT molecular complexity index is 834. The Balaban J connectivity index is 1.87. The van der Waals surface area contributed by atoms with Crippen LogP contribution in [0.25, 0.3) is 5.69 Å². The van der Waals surface area contributed by atoms with Crippen molar-refractivity contribution >= 4 is 17.4 Å². The van der Waals surface area contributed by atoms with Crippen LogP contribution in [0.1, 0.15) is 24.1 Å². The molecule has 5 nitrogen and oxygen atoms in total. The van der Waals surface area contributed by atoms with E-state index in [2.05, 4.69) is 9.73 Å². The Morgan fingerprint density at radius 2 is 1.81 bits per heavy atom. The number of rotatable bonds is 2. The zero-order valence-corrected chi connectivity index (χ0v) is 14.9. The summed E-state index contributed by atoms with van der Waals surface area (Å²) in [5.74, 6) is -0.295. The van der Waals surface area contributed by atoms with Crippen molar-refractivity contribution in [2.75, 3.05) is 13.1 Å². The number of nitrogens with zero attached hydrogens (tertiary/aromatic N) is 3. The number of carbonyl (C=O) groups is 1. The number of likely N-dealkylation sites (tertiary alicyclic amines) is 1. The van der Waals surface area contributed by atoms with Crippen LogP contribution in [0.3, 0.4) is 0 Å². The molecule has 0 spiro atoms. The molecule has 0 N–H and O–H groups in total. The number of ether oxygens (including phenoxy) is 1. The average molecular weight is 385 g/mol. The van der Waals surface area contributed by atoms with Gasteiger partial charge in [-0.15, -0.1) is 24.5 Å². The molecule has 26 heavy (non-hydrogen) atoms. The van der Waals surface area contributed by atoms with Gasteiger partial charge in [-0.1, -0.05) is 0 Å². The number of hydrogen-bond donors (Lipinski definition) is 0. The maximum atomic E-state index is 12.4. The molecule has 0 radical (unpaired) electrons. The van der Waals surface area contributed by atoms with Gasteiger partial charge in [0.05, 0.1) is 0 Å². The van der Waals surface area contributed by atoms with E-state index in [1.54, 1.807) is 15.7 Å². The summed E-state index contributed by atoms with van der Waals surface area (Å²) in [6.07, 6.45) is 0.145. The number of hydrogen-bond acceptors (Lipinski definition) is 3. The summed E-state index contributed by atoms with van der Waals surface area (Å²) >= 11 is 1.35. The van der Waals surface area contributed by atoms with Gasteiger partial charge in [-0.05, 0) is 50.5 Å². The lowest BCUT2D eigenvalue weighted by Crippen LogP contribution is -2.34. The zero-order chi connectivity index (χ0) is 18.7. The highest BCUT2D eigenvalue weighted by molar-refractivity contribution is 7.09. The molecule has 1 fully saturated rings. The molecule has 9 heteroatoms. The lowest BCUT2D eigenvalue weighted by molar-refractivity contribution is -0.274. The van der Waals surface area contributed by atoms with Crippen molar-refractivity contribution in [3.63, 3.8) is 0 Å². The molecule has 2 heterocycles. The van der Waals surface area contributed by atoms with Crippen LogP contribution in [-0.4, -0.2) is 34.9 Å². The molecule has 0 atom stereocenters. The van der Waals surface area contributed by atoms with E-state index >= 15 is 0 Å². The van der Waals surface area contributed by atoms with Gasteiger partial charge in [0.15, 0.2) is 4.80 Å². The zero-order valence-electron chi connectivity index (χ0n) is 14.1. The first-order valence-electron chi connectivity index (χ1n) is 8.21. The molecule has 0 saturated carbocycles. The van der Waals surface area contributed by atoms with Gasteiger partial charge >= 0.3 is 12.4 Å². The van der Waals surface area contributed by atoms with Crippen LogP contribution in [0.4, 0.5) is 18.0 Å². The minimum Gasteiger partial charge on any atom is -0.406 e. The first-order valence-corrected chi connectivity index (χ1v) is 9.02. The number of aromatic nitrogens is 1. The molecule has 2 amide bonds. The van der Waals surface area contributed by atoms with Crippen LogP contribution in [0.2, 0.25) is 0 Å².